The topological polar surface area (TPSA) is 32.3 Å². The van der Waals surface area contributed by atoms with Gasteiger partial charge in [-0.3, -0.25) is 0 Å². The highest BCUT2D eigenvalue weighted by atomic mass is 32.2. The van der Waals surface area contributed by atoms with E-state index >= 15 is 0 Å². The molecule has 0 aliphatic carbocycles. The number of hydrogen-bond acceptors (Lipinski definition) is 3. The Bertz CT molecular complexity index is 291. The molecule has 0 bridgehead atoms. The molecule has 90 valence electrons. The monoisotopic (exact) mass is 239 g/mol. The van der Waals surface area contributed by atoms with E-state index in [1.807, 2.05) is 30.0 Å². The van der Waals surface area contributed by atoms with Crippen LogP contribution in [0.3, 0.4) is 0 Å². The lowest BCUT2D eigenvalue weighted by atomic mass is 10.1. The third kappa shape index (κ3) is 5.42. The predicted molar refractivity (Wildman–Crippen MR) is 72.3 cm³/mol. The number of phenolic OH excluding ortho intramolecular Hbond substituents is 1. The van der Waals surface area contributed by atoms with Crippen molar-refractivity contribution in [1.82, 2.24) is 5.32 Å². The van der Waals surface area contributed by atoms with Crippen LogP contribution in [0.4, 0.5) is 0 Å². The summed E-state index contributed by atoms with van der Waals surface area (Å²) < 4.78 is 0. The van der Waals surface area contributed by atoms with Crippen LogP contribution in [-0.4, -0.2) is 29.7 Å². The molecule has 2 nitrogen and oxygen atoms in total. The first-order valence-corrected chi connectivity index (χ1v) is 7.05. The Morgan fingerprint density at radius 1 is 1.25 bits per heavy atom. The van der Waals surface area contributed by atoms with E-state index in [0.29, 0.717) is 5.75 Å². The quantitative estimate of drug-likeness (QED) is 0.684. The Hall–Kier alpha value is -0.670. The molecule has 0 amide bonds. The van der Waals surface area contributed by atoms with Gasteiger partial charge in [0.1, 0.15) is 5.75 Å². The summed E-state index contributed by atoms with van der Waals surface area (Å²) in [4.78, 5) is 0. The van der Waals surface area contributed by atoms with Crippen molar-refractivity contribution in [2.75, 3.05) is 24.6 Å². The maximum Gasteiger partial charge on any atom is 0.118 e. The van der Waals surface area contributed by atoms with Gasteiger partial charge in [0, 0.05) is 0 Å². The Balaban J connectivity index is 2.05. The van der Waals surface area contributed by atoms with Gasteiger partial charge in [0.15, 0.2) is 0 Å². The van der Waals surface area contributed by atoms with Crippen LogP contribution in [0.15, 0.2) is 24.3 Å². The van der Waals surface area contributed by atoms with Crippen LogP contribution in [0.5, 0.6) is 5.75 Å². The minimum atomic E-state index is 0.408. The summed E-state index contributed by atoms with van der Waals surface area (Å²) in [5, 5.41) is 12.9. The van der Waals surface area contributed by atoms with Crippen LogP contribution in [0.1, 0.15) is 18.9 Å². The largest absolute Gasteiger partial charge is 0.508 e. The number of benzene rings is 1. The van der Waals surface area contributed by atoms with E-state index < -0.39 is 0 Å². The Kier molecular flexibility index (Phi) is 7.10. The number of phenols is 1. The van der Waals surface area contributed by atoms with Crippen molar-refractivity contribution in [1.29, 1.82) is 0 Å². The van der Waals surface area contributed by atoms with Crippen molar-refractivity contribution < 1.29 is 5.11 Å². The molecule has 0 aromatic heterocycles. The summed E-state index contributed by atoms with van der Waals surface area (Å²) in [6.45, 7) is 4.20. The van der Waals surface area contributed by atoms with Gasteiger partial charge in [0.05, 0.1) is 0 Å². The molecule has 0 saturated carbocycles. The molecule has 0 aliphatic rings. The lowest BCUT2D eigenvalue weighted by Gasteiger charge is -2.06. The molecule has 2 N–H and O–H groups in total. The summed E-state index contributed by atoms with van der Waals surface area (Å²) in [5.41, 5.74) is 1.03. The normalized spacial score (nSPS) is 10.6. The smallest absolute Gasteiger partial charge is 0.118 e. The fourth-order valence-electron chi connectivity index (χ4n) is 1.51. The summed E-state index contributed by atoms with van der Waals surface area (Å²) in [6, 6.07) is 7.54. The van der Waals surface area contributed by atoms with E-state index in [-0.39, 0.29) is 0 Å². The van der Waals surface area contributed by atoms with Crippen LogP contribution in [0.25, 0.3) is 0 Å². The van der Waals surface area contributed by atoms with E-state index in [2.05, 4.69) is 12.2 Å². The summed E-state index contributed by atoms with van der Waals surface area (Å²) in [7, 11) is 0. The lowest BCUT2D eigenvalue weighted by molar-refractivity contribution is 0.467. The lowest BCUT2D eigenvalue weighted by Crippen LogP contribution is -2.19. The molecule has 0 saturated heterocycles. The molecule has 0 heterocycles. The zero-order valence-corrected chi connectivity index (χ0v) is 10.7. The van der Waals surface area contributed by atoms with Crippen molar-refractivity contribution in [2.45, 2.75) is 19.8 Å². The fraction of sp³-hybridized carbons (Fsp3) is 0.538. The minimum absolute atomic E-state index is 0.408. The van der Waals surface area contributed by atoms with Crippen molar-refractivity contribution in [3.05, 3.63) is 29.8 Å². The van der Waals surface area contributed by atoms with Crippen LogP contribution in [0, 0.1) is 0 Å². The zero-order valence-electron chi connectivity index (χ0n) is 9.91. The van der Waals surface area contributed by atoms with Gasteiger partial charge in [-0.05, 0) is 49.1 Å². The molecule has 1 aromatic rings. The van der Waals surface area contributed by atoms with E-state index in [9.17, 15) is 5.11 Å². The first-order chi connectivity index (χ1) is 7.84. The van der Waals surface area contributed by atoms with Crippen molar-refractivity contribution in [2.24, 2.45) is 0 Å². The van der Waals surface area contributed by atoms with Crippen LogP contribution in [0.2, 0.25) is 0 Å². The average molecular weight is 239 g/mol. The molecule has 0 fully saturated rings. The molecule has 0 spiro atoms. The zero-order chi connectivity index (χ0) is 11.6. The van der Waals surface area contributed by atoms with Gasteiger partial charge < -0.3 is 10.4 Å². The first-order valence-electron chi connectivity index (χ1n) is 5.90. The molecule has 3 heteroatoms. The number of thioether (sulfide) groups is 1. The Morgan fingerprint density at radius 3 is 2.81 bits per heavy atom. The highest BCUT2D eigenvalue weighted by molar-refractivity contribution is 7.99. The van der Waals surface area contributed by atoms with Gasteiger partial charge in [-0.2, -0.15) is 11.8 Å². The second-order valence-electron chi connectivity index (χ2n) is 3.68. The number of hydrogen-bond donors (Lipinski definition) is 2. The SMILES string of the molecule is CCSCCCNCCc1ccccc1O. The maximum absolute atomic E-state index is 9.55. The van der Waals surface area contributed by atoms with Crippen LogP contribution < -0.4 is 5.32 Å². The summed E-state index contributed by atoms with van der Waals surface area (Å²) in [6.07, 6.45) is 2.12. The molecule has 1 rings (SSSR count). The fourth-order valence-corrected chi connectivity index (χ4v) is 2.15. The molecule has 16 heavy (non-hydrogen) atoms. The van der Waals surface area contributed by atoms with E-state index in [0.717, 1.165) is 25.1 Å². The van der Waals surface area contributed by atoms with Gasteiger partial charge in [-0.1, -0.05) is 25.1 Å². The van der Waals surface area contributed by atoms with E-state index in [4.69, 9.17) is 0 Å². The van der Waals surface area contributed by atoms with E-state index in [1.54, 1.807) is 6.07 Å². The van der Waals surface area contributed by atoms with Crippen molar-refractivity contribution in [3.63, 3.8) is 0 Å². The van der Waals surface area contributed by atoms with Gasteiger partial charge in [-0.25, -0.2) is 0 Å². The summed E-state index contributed by atoms with van der Waals surface area (Å²) in [5.74, 6) is 2.85. The molecular formula is C13H21NOS. The third-order valence-corrected chi connectivity index (χ3v) is 3.39. The number of rotatable bonds is 8. The van der Waals surface area contributed by atoms with Crippen molar-refractivity contribution >= 4 is 11.8 Å². The van der Waals surface area contributed by atoms with Gasteiger partial charge in [-0.15, -0.1) is 0 Å². The average Bonchev–Trinajstić information content (AvgIpc) is 2.30. The number of para-hydroxylation sites is 1. The van der Waals surface area contributed by atoms with Gasteiger partial charge in [0.25, 0.3) is 0 Å². The molecule has 0 radical (unpaired) electrons. The number of aromatic hydroxyl groups is 1. The molecule has 0 unspecified atom stereocenters. The third-order valence-electron chi connectivity index (χ3n) is 2.41. The molecule has 0 aliphatic heterocycles. The molecular weight excluding hydrogens is 218 g/mol. The Morgan fingerprint density at radius 2 is 2.06 bits per heavy atom. The maximum atomic E-state index is 9.55. The summed E-state index contributed by atoms with van der Waals surface area (Å²) >= 11 is 1.98. The van der Waals surface area contributed by atoms with E-state index in [1.165, 1.54) is 17.9 Å². The number of nitrogens with one attached hydrogen (secondary N) is 1. The Labute approximate surface area is 102 Å². The highest BCUT2D eigenvalue weighted by Crippen LogP contribution is 2.15. The highest BCUT2D eigenvalue weighted by Gasteiger charge is 1.98. The predicted octanol–water partition coefficient (Wildman–Crippen LogP) is 2.67. The van der Waals surface area contributed by atoms with Crippen LogP contribution >= 0.6 is 11.8 Å². The van der Waals surface area contributed by atoms with Crippen molar-refractivity contribution in [3.8, 4) is 5.75 Å². The standard InChI is InChI=1S/C13H21NOS/c1-2-16-11-5-9-14-10-8-12-6-3-4-7-13(12)15/h3-4,6-7,14-15H,2,5,8-11H2,1H3. The second kappa shape index (κ2) is 8.48. The minimum Gasteiger partial charge on any atom is -0.508 e. The van der Waals surface area contributed by atoms with Gasteiger partial charge in [0.2, 0.25) is 0 Å². The van der Waals surface area contributed by atoms with Crippen LogP contribution in [-0.2, 0) is 6.42 Å². The molecule has 1 aromatic carbocycles. The van der Waals surface area contributed by atoms with Gasteiger partial charge >= 0.3 is 0 Å². The second-order valence-corrected chi connectivity index (χ2v) is 5.07. The molecule has 0 atom stereocenters. The first kappa shape index (κ1) is 13.4.